The minimum atomic E-state index is -0.159. The Kier molecular flexibility index (Phi) is 13.1. The molecule has 0 bridgehead atoms. The largest absolute Gasteiger partial charge is 0.493 e. The fraction of sp³-hybridized carbons (Fsp3) is 0.500. The van der Waals surface area contributed by atoms with Crippen LogP contribution in [0.5, 0.6) is 17.2 Å². The summed E-state index contributed by atoms with van der Waals surface area (Å²) in [6.45, 7) is 13.7. The molecule has 2 atom stereocenters. The number of unbranched alkanes of at least 4 members (excludes halogenated alkanes) is 2. The Morgan fingerprint density at radius 2 is 1.58 bits per heavy atom. The highest BCUT2D eigenvalue weighted by molar-refractivity contribution is 6.07. The topological polar surface area (TPSA) is 168 Å². The molecular formula is C40H49N7O8. The molecule has 292 valence electrons. The van der Waals surface area contributed by atoms with E-state index in [1.165, 1.54) is 0 Å². The van der Waals surface area contributed by atoms with Gasteiger partial charge in [0.1, 0.15) is 5.75 Å². The summed E-state index contributed by atoms with van der Waals surface area (Å²) in [6, 6.07) is 6.86. The summed E-state index contributed by atoms with van der Waals surface area (Å²) < 4.78 is 28.9. The van der Waals surface area contributed by atoms with Gasteiger partial charge in [-0.1, -0.05) is 29.4 Å². The summed E-state index contributed by atoms with van der Waals surface area (Å²) in [6.07, 6.45) is 5.64. The molecule has 2 saturated heterocycles. The van der Waals surface area contributed by atoms with Crippen LogP contribution < -0.4 is 19.1 Å². The van der Waals surface area contributed by atoms with Gasteiger partial charge in [-0.2, -0.15) is 0 Å². The van der Waals surface area contributed by atoms with Gasteiger partial charge in [-0.25, -0.2) is 0 Å². The van der Waals surface area contributed by atoms with E-state index in [-0.39, 0.29) is 49.4 Å². The standard InChI is InChI=1S/C40H49N7O8/c1-26-16-29-22-42-33-20-37(36(51-4)19-31(33)39(49)45(29)23-26)55-11-7-5-6-10-54-35-21-34-32(18-28(35)3)40(50)46-24-27(2)17-30(46)25-47(34)38(48)8-12-52-14-15-53-13-9-43-44-41/h18-22,29-30H,1-2,5-17,23-25H2,3-4H3/t29-,30-/m0/s1. The highest BCUT2D eigenvalue weighted by Crippen LogP contribution is 2.39. The van der Waals surface area contributed by atoms with Crippen molar-refractivity contribution in [3.63, 3.8) is 0 Å². The number of rotatable bonds is 18. The molecule has 0 spiro atoms. The predicted molar refractivity (Wildman–Crippen MR) is 207 cm³/mol. The van der Waals surface area contributed by atoms with E-state index in [0.29, 0.717) is 105 Å². The third kappa shape index (κ3) is 9.30. The van der Waals surface area contributed by atoms with Crippen molar-refractivity contribution >= 4 is 35.3 Å². The molecular weight excluding hydrogens is 706 g/mol. The summed E-state index contributed by atoms with van der Waals surface area (Å²) in [5.41, 5.74) is 13.2. The molecule has 0 saturated carbocycles. The SMILES string of the molecule is C=C1C[C@H]2CN(C(=O)CCOCCOCCN=[N+]=[N-])c3cc(OCCCCCOc4cc5c(cc4OC)C(=O)N4CC(=C)C[C@H]4C=N5)c(C)cc3C(=O)N2C1. The van der Waals surface area contributed by atoms with Gasteiger partial charge in [0.05, 0.1) is 87.8 Å². The maximum Gasteiger partial charge on any atom is 0.257 e. The lowest BCUT2D eigenvalue weighted by Crippen LogP contribution is -2.42. The zero-order chi connectivity index (χ0) is 38.9. The highest BCUT2D eigenvalue weighted by Gasteiger charge is 2.40. The van der Waals surface area contributed by atoms with Gasteiger partial charge in [-0.05, 0) is 62.3 Å². The fourth-order valence-corrected chi connectivity index (χ4v) is 7.32. The van der Waals surface area contributed by atoms with Crippen LogP contribution in [0.2, 0.25) is 0 Å². The van der Waals surface area contributed by atoms with Crippen molar-refractivity contribution in [1.29, 1.82) is 0 Å². The minimum absolute atomic E-state index is 0.0895. The van der Waals surface area contributed by atoms with Gasteiger partial charge in [0.25, 0.3) is 11.8 Å². The summed E-state index contributed by atoms with van der Waals surface area (Å²) >= 11 is 0. The molecule has 0 aliphatic carbocycles. The normalized spacial score (nSPS) is 18.6. The van der Waals surface area contributed by atoms with Crippen LogP contribution in [0.4, 0.5) is 11.4 Å². The Morgan fingerprint density at radius 1 is 0.873 bits per heavy atom. The fourth-order valence-electron chi connectivity index (χ4n) is 7.32. The molecule has 4 heterocycles. The number of benzene rings is 2. The quantitative estimate of drug-likeness (QED) is 0.0590. The average Bonchev–Trinajstić information content (AvgIpc) is 3.69. The third-order valence-electron chi connectivity index (χ3n) is 10.1. The Bertz CT molecular complexity index is 1890. The molecule has 55 heavy (non-hydrogen) atoms. The number of aryl methyl sites for hydroxylation is 1. The van der Waals surface area contributed by atoms with E-state index in [1.54, 1.807) is 29.0 Å². The van der Waals surface area contributed by atoms with Crippen LogP contribution in [0.1, 0.15) is 64.8 Å². The maximum atomic E-state index is 13.8. The van der Waals surface area contributed by atoms with Crippen molar-refractivity contribution in [2.75, 3.05) is 77.8 Å². The second-order valence-corrected chi connectivity index (χ2v) is 14.1. The van der Waals surface area contributed by atoms with E-state index in [4.69, 9.17) is 29.2 Å². The van der Waals surface area contributed by atoms with Gasteiger partial charge in [0, 0.05) is 49.4 Å². The number of hydrogen-bond donors (Lipinski definition) is 0. The Balaban J connectivity index is 1.02. The van der Waals surface area contributed by atoms with Crippen molar-refractivity contribution in [2.45, 2.75) is 57.5 Å². The number of fused-ring (bicyclic) bond motifs is 4. The number of azide groups is 1. The van der Waals surface area contributed by atoms with Gasteiger partial charge < -0.3 is 38.4 Å². The number of hydrogen-bond acceptors (Lipinski definition) is 10. The first-order valence-electron chi connectivity index (χ1n) is 18.8. The summed E-state index contributed by atoms with van der Waals surface area (Å²) in [5, 5.41) is 3.42. The molecule has 2 aromatic rings. The smallest absolute Gasteiger partial charge is 0.257 e. The highest BCUT2D eigenvalue weighted by atomic mass is 16.5. The van der Waals surface area contributed by atoms with Crippen LogP contribution in [0, 0.1) is 6.92 Å². The average molecular weight is 756 g/mol. The van der Waals surface area contributed by atoms with Crippen molar-refractivity contribution in [1.82, 2.24) is 9.80 Å². The van der Waals surface area contributed by atoms with E-state index in [9.17, 15) is 14.4 Å². The molecule has 0 N–H and O–H groups in total. The summed E-state index contributed by atoms with van der Waals surface area (Å²) in [5.74, 6) is 1.28. The van der Waals surface area contributed by atoms with E-state index in [2.05, 4.69) is 28.2 Å². The van der Waals surface area contributed by atoms with Gasteiger partial charge in [-0.15, -0.1) is 0 Å². The molecule has 15 nitrogen and oxygen atoms in total. The van der Waals surface area contributed by atoms with Crippen molar-refractivity contribution < 1.29 is 38.1 Å². The summed E-state index contributed by atoms with van der Waals surface area (Å²) in [7, 11) is 1.55. The van der Waals surface area contributed by atoms with Gasteiger partial charge >= 0.3 is 0 Å². The first-order valence-corrected chi connectivity index (χ1v) is 18.8. The second-order valence-electron chi connectivity index (χ2n) is 14.1. The molecule has 3 amide bonds. The van der Waals surface area contributed by atoms with Gasteiger partial charge in [0.15, 0.2) is 11.5 Å². The van der Waals surface area contributed by atoms with Crippen LogP contribution in [0.25, 0.3) is 10.4 Å². The molecule has 0 unspecified atom stereocenters. The minimum Gasteiger partial charge on any atom is -0.493 e. The lowest BCUT2D eigenvalue weighted by Gasteiger charge is -2.26. The molecule has 6 rings (SSSR count). The monoisotopic (exact) mass is 755 g/mol. The number of nitrogens with zero attached hydrogens (tertiary/aromatic N) is 7. The van der Waals surface area contributed by atoms with Crippen LogP contribution in [0.3, 0.4) is 0 Å². The van der Waals surface area contributed by atoms with Crippen molar-refractivity contribution in [2.24, 2.45) is 10.1 Å². The van der Waals surface area contributed by atoms with E-state index >= 15 is 0 Å². The van der Waals surface area contributed by atoms with Crippen LogP contribution in [0.15, 0.2) is 58.7 Å². The Morgan fingerprint density at radius 3 is 2.35 bits per heavy atom. The van der Waals surface area contributed by atoms with Crippen LogP contribution in [-0.2, 0) is 14.3 Å². The molecule has 0 radical (unpaired) electrons. The molecule has 2 fully saturated rings. The van der Waals surface area contributed by atoms with E-state index in [1.807, 2.05) is 30.2 Å². The molecule has 4 aliphatic rings. The molecule has 15 heteroatoms. The molecule has 0 aromatic heterocycles. The van der Waals surface area contributed by atoms with E-state index in [0.717, 1.165) is 36.0 Å². The number of carbonyl (C=O) groups excluding carboxylic acids is 3. The Hall–Kier alpha value is -5.37. The molecule has 4 aliphatic heterocycles. The van der Waals surface area contributed by atoms with Crippen LogP contribution >= 0.6 is 0 Å². The first-order chi connectivity index (χ1) is 26.7. The van der Waals surface area contributed by atoms with Gasteiger partial charge in [-0.3, -0.25) is 19.4 Å². The summed E-state index contributed by atoms with van der Waals surface area (Å²) in [4.78, 5) is 53.3. The van der Waals surface area contributed by atoms with Gasteiger partial charge in [0.2, 0.25) is 5.91 Å². The number of methoxy groups -OCH3 is 1. The van der Waals surface area contributed by atoms with Crippen molar-refractivity contribution in [3.05, 3.63) is 75.7 Å². The number of anilines is 1. The zero-order valence-corrected chi connectivity index (χ0v) is 31.7. The number of ether oxygens (including phenoxy) is 5. The zero-order valence-electron chi connectivity index (χ0n) is 31.7. The Labute approximate surface area is 321 Å². The number of amides is 3. The lowest BCUT2D eigenvalue weighted by atomic mass is 10.1. The van der Waals surface area contributed by atoms with Crippen LogP contribution in [-0.4, -0.2) is 119 Å². The van der Waals surface area contributed by atoms with Crippen molar-refractivity contribution in [3.8, 4) is 17.2 Å². The lowest BCUT2D eigenvalue weighted by molar-refractivity contribution is -0.120. The maximum absolute atomic E-state index is 13.8. The first kappa shape index (κ1) is 39.3. The number of carbonyl (C=O) groups is 3. The van der Waals surface area contributed by atoms with E-state index < -0.39 is 0 Å². The second kappa shape index (κ2) is 18.3. The third-order valence-corrected chi connectivity index (χ3v) is 10.1. The number of aliphatic imine (C=N–C) groups is 1. The molecule has 2 aromatic carbocycles. The predicted octanol–water partition coefficient (Wildman–Crippen LogP) is 5.97.